The number of fused-ring (bicyclic) bond motifs is 3. The van der Waals surface area contributed by atoms with Crippen molar-refractivity contribution in [3.8, 4) is 0 Å². The van der Waals surface area contributed by atoms with Gasteiger partial charge in [0.1, 0.15) is 16.5 Å². The number of hydrogen-bond donors (Lipinski definition) is 1. The SMILES string of the molecule is O=S1CCc2nc(N3C[C@H]4CC3CN4c3cccc(F)c3)nc(NC3CCOCC3)c21. The van der Waals surface area contributed by atoms with E-state index in [1.165, 1.54) is 6.07 Å². The topological polar surface area (TPSA) is 70.6 Å². The highest BCUT2D eigenvalue weighted by Crippen LogP contribution is 2.38. The molecule has 4 aliphatic rings. The first-order chi connectivity index (χ1) is 15.2. The fourth-order valence-electron chi connectivity index (χ4n) is 5.33. The predicted molar refractivity (Wildman–Crippen MR) is 118 cm³/mol. The van der Waals surface area contributed by atoms with Crippen LogP contribution >= 0.6 is 0 Å². The lowest BCUT2D eigenvalue weighted by atomic mass is 10.1. The summed E-state index contributed by atoms with van der Waals surface area (Å²) in [4.78, 5) is 15.1. The first-order valence-corrected chi connectivity index (χ1v) is 12.4. The minimum atomic E-state index is -1.04. The fraction of sp³-hybridized carbons (Fsp3) is 0.545. The molecule has 2 aromatic rings. The van der Waals surface area contributed by atoms with Crippen LogP contribution in [0.4, 0.5) is 21.8 Å². The number of hydrogen-bond acceptors (Lipinski definition) is 7. The van der Waals surface area contributed by atoms with Crippen LogP contribution in [-0.4, -0.2) is 64.4 Å². The van der Waals surface area contributed by atoms with Crippen LogP contribution in [-0.2, 0) is 22.0 Å². The van der Waals surface area contributed by atoms with Gasteiger partial charge in [0.05, 0.1) is 22.5 Å². The Morgan fingerprint density at radius 1 is 1.13 bits per heavy atom. The molecule has 2 bridgehead atoms. The van der Waals surface area contributed by atoms with Gasteiger partial charge in [-0.2, -0.15) is 4.98 Å². The van der Waals surface area contributed by atoms with E-state index >= 15 is 0 Å². The van der Waals surface area contributed by atoms with Gasteiger partial charge in [0, 0.05) is 56.2 Å². The molecule has 0 aliphatic carbocycles. The van der Waals surface area contributed by atoms with Gasteiger partial charge in [0.25, 0.3) is 0 Å². The zero-order chi connectivity index (χ0) is 20.9. The second kappa shape index (κ2) is 7.70. The summed E-state index contributed by atoms with van der Waals surface area (Å²) in [6, 6.07) is 7.76. The second-order valence-electron chi connectivity index (χ2n) is 8.81. The molecule has 2 unspecified atom stereocenters. The summed E-state index contributed by atoms with van der Waals surface area (Å²) in [5, 5.41) is 3.56. The Labute approximate surface area is 183 Å². The van der Waals surface area contributed by atoms with Crippen molar-refractivity contribution in [3.05, 3.63) is 35.8 Å². The zero-order valence-electron chi connectivity index (χ0n) is 17.3. The molecular formula is C22H26FN5O2S. The number of rotatable bonds is 4. The molecule has 0 spiro atoms. The number of aryl methyl sites for hydroxylation is 1. The molecule has 4 aliphatic heterocycles. The molecule has 5 heterocycles. The van der Waals surface area contributed by atoms with E-state index in [0.29, 0.717) is 17.8 Å². The van der Waals surface area contributed by atoms with Crippen LogP contribution in [0.3, 0.4) is 0 Å². The van der Waals surface area contributed by atoms with Crippen LogP contribution in [0, 0.1) is 5.82 Å². The maximum Gasteiger partial charge on any atom is 0.227 e. The fourth-order valence-corrected chi connectivity index (χ4v) is 6.64. The molecule has 164 valence electrons. The van der Waals surface area contributed by atoms with E-state index in [9.17, 15) is 8.60 Å². The van der Waals surface area contributed by atoms with Crippen molar-refractivity contribution in [2.45, 2.75) is 48.7 Å². The van der Waals surface area contributed by atoms with Crippen LogP contribution in [0.5, 0.6) is 0 Å². The van der Waals surface area contributed by atoms with Crippen molar-refractivity contribution < 1.29 is 13.3 Å². The quantitative estimate of drug-likeness (QED) is 0.778. The molecule has 3 saturated heterocycles. The van der Waals surface area contributed by atoms with E-state index in [-0.39, 0.29) is 11.9 Å². The summed E-state index contributed by atoms with van der Waals surface area (Å²) < 4.78 is 31.8. The van der Waals surface area contributed by atoms with E-state index in [1.807, 2.05) is 6.07 Å². The van der Waals surface area contributed by atoms with E-state index in [0.717, 1.165) is 80.0 Å². The Kier molecular flexibility index (Phi) is 4.83. The van der Waals surface area contributed by atoms with Crippen LogP contribution in [0.15, 0.2) is 29.2 Å². The normalized spacial score (nSPS) is 27.7. The van der Waals surface area contributed by atoms with Gasteiger partial charge in [-0.3, -0.25) is 4.21 Å². The molecule has 0 amide bonds. The molecule has 0 radical (unpaired) electrons. The zero-order valence-corrected chi connectivity index (χ0v) is 18.1. The highest BCUT2D eigenvalue weighted by Gasteiger charge is 2.45. The summed E-state index contributed by atoms with van der Waals surface area (Å²) in [5.41, 5.74) is 1.86. The van der Waals surface area contributed by atoms with Gasteiger partial charge in [-0.25, -0.2) is 9.37 Å². The van der Waals surface area contributed by atoms with Crippen molar-refractivity contribution in [2.24, 2.45) is 0 Å². The molecule has 3 fully saturated rings. The highest BCUT2D eigenvalue weighted by atomic mass is 32.2. The van der Waals surface area contributed by atoms with Gasteiger partial charge in [0.15, 0.2) is 0 Å². The molecule has 1 aromatic heterocycles. The van der Waals surface area contributed by atoms with Gasteiger partial charge < -0.3 is 19.9 Å². The number of nitrogens with zero attached hydrogens (tertiary/aromatic N) is 4. The highest BCUT2D eigenvalue weighted by molar-refractivity contribution is 7.85. The van der Waals surface area contributed by atoms with Crippen molar-refractivity contribution in [1.82, 2.24) is 9.97 Å². The Morgan fingerprint density at radius 3 is 2.71 bits per heavy atom. The van der Waals surface area contributed by atoms with E-state index in [4.69, 9.17) is 14.7 Å². The monoisotopic (exact) mass is 443 g/mol. The van der Waals surface area contributed by atoms with Crippen LogP contribution in [0.2, 0.25) is 0 Å². The molecule has 7 nitrogen and oxygen atoms in total. The lowest BCUT2D eigenvalue weighted by Crippen LogP contribution is -2.47. The van der Waals surface area contributed by atoms with Gasteiger partial charge in [-0.15, -0.1) is 0 Å². The van der Waals surface area contributed by atoms with E-state index in [1.54, 1.807) is 12.1 Å². The molecule has 6 rings (SSSR count). The summed E-state index contributed by atoms with van der Waals surface area (Å²) >= 11 is 0. The minimum absolute atomic E-state index is 0.198. The number of aromatic nitrogens is 2. The lowest BCUT2D eigenvalue weighted by Gasteiger charge is -2.36. The Morgan fingerprint density at radius 2 is 1.94 bits per heavy atom. The van der Waals surface area contributed by atoms with E-state index < -0.39 is 10.8 Å². The summed E-state index contributed by atoms with van der Waals surface area (Å²) in [5.74, 6) is 1.90. The molecular weight excluding hydrogens is 417 g/mol. The van der Waals surface area contributed by atoms with Gasteiger partial charge in [-0.05, 0) is 37.5 Å². The Balaban J connectivity index is 1.26. The second-order valence-corrected chi connectivity index (χ2v) is 10.3. The average Bonchev–Trinajstić information content (AvgIpc) is 3.49. The van der Waals surface area contributed by atoms with Crippen LogP contribution < -0.4 is 15.1 Å². The predicted octanol–water partition coefficient (Wildman–Crippen LogP) is 2.34. The standard InChI is InChI=1S/C22H26FN5O2S/c23-14-2-1-3-16(10-14)27-12-18-11-17(27)13-28(18)22-25-19-6-9-31(29)20(19)21(26-22)24-15-4-7-30-8-5-15/h1-3,10,15,17-18H,4-9,11-13H2,(H,24,25,26)/t17-,18?,31?/m1/s1. The summed E-state index contributed by atoms with van der Waals surface area (Å²) in [7, 11) is -1.04. The van der Waals surface area contributed by atoms with Crippen LogP contribution in [0.1, 0.15) is 25.0 Å². The molecule has 31 heavy (non-hydrogen) atoms. The maximum absolute atomic E-state index is 13.7. The number of anilines is 3. The Bertz CT molecular complexity index is 1030. The van der Waals surface area contributed by atoms with Gasteiger partial charge in [-0.1, -0.05) is 6.07 Å². The van der Waals surface area contributed by atoms with Crippen LogP contribution in [0.25, 0.3) is 0 Å². The number of ether oxygens (including phenoxy) is 1. The molecule has 0 saturated carbocycles. The van der Waals surface area contributed by atoms with Gasteiger partial charge in [0.2, 0.25) is 5.95 Å². The minimum Gasteiger partial charge on any atom is -0.381 e. The summed E-state index contributed by atoms with van der Waals surface area (Å²) in [6.45, 7) is 3.14. The average molecular weight is 444 g/mol. The molecule has 1 aromatic carbocycles. The van der Waals surface area contributed by atoms with E-state index in [2.05, 4.69) is 15.1 Å². The maximum atomic E-state index is 13.7. The third-order valence-corrected chi connectivity index (χ3v) is 8.33. The number of piperazine rings is 1. The first kappa shape index (κ1) is 19.4. The van der Waals surface area contributed by atoms with Crippen molar-refractivity contribution in [3.63, 3.8) is 0 Å². The van der Waals surface area contributed by atoms with Crippen molar-refractivity contribution in [2.75, 3.05) is 47.2 Å². The smallest absolute Gasteiger partial charge is 0.227 e. The largest absolute Gasteiger partial charge is 0.381 e. The third-order valence-electron chi connectivity index (χ3n) is 6.88. The number of benzene rings is 1. The van der Waals surface area contributed by atoms with Gasteiger partial charge >= 0.3 is 0 Å². The number of nitrogens with one attached hydrogen (secondary N) is 1. The molecule has 9 heteroatoms. The van der Waals surface area contributed by atoms with Crippen molar-refractivity contribution >= 4 is 28.3 Å². The summed E-state index contributed by atoms with van der Waals surface area (Å²) in [6.07, 6.45) is 3.61. The number of halogens is 1. The lowest BCUT2D eigenvalue weighted by molar-refractivity contribution is 0.0903. The molecule has 1 N–H and O–H groups in total. The first-order valence-electron chi connectivity index (χ1n) is 11.1. The Hall–Kier alpha value is -2.26. The third kappa shape index (κ3) is 3.47. The molecule has 3 atom stereocenters. The van der Waals surface area contributed by atoms with Crippen molar-refractivity contribution in [1.29, 1.82) is 0 Å².